The fraction of sp³-hybridized carbons (Fsp3) is 0.545. The summed E-state index contributed by atoms with van der Waals surface area (Å²) in [6.45, 7) is 6.55. The van der Waals surface area contributed by atoms with E-state index < -0.39 is 0 Å². The number of nitrogens with one attached hydrogen (secondary N) is 1. The quantitative estimate of drug-likeness (QED) is 0.765. The van der Waals surface area contributed by atoms with Crippen molar-refractivity contribution < 1.29 is 0 Å². The zero-order chi connectivity index (χ0) is 13.6. The van der Waals surface area contributed by atoms with Gasteiger partial charge in [-0.2, -0.15) is 19.8 Å². The number of aryl methyl sites for hydroxylation is 1. The number of H-pyrrole nitrogens is 1. The molecule has 0 amide bonds. The van der Waals surface area contributed by atoms with Crippen molar-refractivity contribution in [3.63, 3.8) is 0 Å². The minimum Gasteiger partial charge on any atom is -0.265 e. The molecule has 3 heterocycles. The fourth-order valence-corrected chi connectivity index (χ4v) is 2.63. The van der Waals surface area contributed by atoms with Crippen LogP contribution >= 0.6 is 11.3 Å². The summed E-state index contributed by atoms with van der Waals surface area (Å²) in [5, 5.41) is 15.3. The first-order chi connectivity index (χ1) is 8.94. The zero-order valence-electron chi connectivity index (χ0n) is 11.0. The third-order valence-corrected chi connectivity index (χ3v) is 3.78. The molecule has 0 aliphatic carbocycles. The number of aromatic amines is 1. The second-order valence-corrected chi connectivity index (χ2v) is 6.70. The van der Waals surface area contributed by atoms with Crippen LogP contribution in [0.15, 0.2) is 4.79 Å². The van der Waals surface area contributed by atoms with Crippen LogP contribution < -0.4 is 5.56 Å². The molecule has 0 unspecified atom stereocenters. The first kappa shape index (κ1) is 12.2. The van der Waals surface area contributed by atoms with E-state index in [1.54, 1.807) is 0 Å². The number of nitrogens with zero attached hydrogens (tertiary/aromatic N) is 5. The smallest absolute Gasteiger partial charge is 0.265 e. The van der Waals surface area contributed by atoms with Crippen LogP contribution in [-0.4, -0.2) is 30.0 Å². The van der Waals surface area contributed by atoms with Gasteiger partial charge in [-0.25, -0.2) is 0 Å². The Morgan fingerprint density at radius 1 is 1.32 bits per heavy atom. The molecule has 0 saturated heterocycles. The van der Waals surface area contributed by atoms with E-state index in [-0.39, 0.29) is 16.5 Å². The Morgan fingerprint density at radius 3 is 2.84 bits per heavy atom. The molecule has 0 aromatic carbocycles. The topological polar surface area (TPSA) is 88.8 Å². The summed E-state index contributed by atoms with van der Waals surface area (Å²) in [5.74, 6) is 0. The van der Waals surface area contributed by atoms with Gasteiger partial charge in [0.2, 0.25) is 10.6 Å². The van der Waals surface area contributed by atoms with Crippen LogP contribution in [0.2, 0.25) is 0 Å². The van der Waals surface area contributed by atoms with Crippen LogP contribution in [0.3, 0.4) is 0 Å². The Kier molecular flexibility index (Phi) is 2.63. The zero-order valence-corrected chi connectivity index (χ0v) is 11.8. The highest BCUT2D eigenvalue weighted by atomic mass is 32.1. The molecule has 0 atom stereocenters. The molecule has 0 aliphatic heterocycles. The molecule has 0 fully saturated rings. The highest BCUT2D eigenvalue weighted by molar-refractivity contribution is 7.16. The summed E-state index contributed by atoms with van der Waals surface area (Å²) in [6.07, 6.45) is 1.85. The van der Waals surface area contributed by atoms with Gasteiger partial charge in [0.05, 0.1) is 0 Å². The standard InChI is InChI=1S/C11H14N6OS/c1-11(2,3)5-4-6-15-17-9(18)7-8(14-16-13-7)12-10(17)19-6/h4-5H2,1-3H3,(H,13,14,16). The van der Waals surface area contributed by atoms with E-state index in [9.17, 15) is 4.79 Å². The summed E-state index contributed by atoms with van der Waals surface area (Å²) >= 11 is 1.43. The van der Waals surface area contributed by atoms with E-state index in [1.807, 2.05) is 0 Å². The third kappa shape index (κ3) is 2.23. The molecule has 7 nitrogen and oxygen atoms in total. The largest absolute Gasteiger partial charge is 0.305 e. The Morgan fingerprint density at radius 2 is 2.11 bits per heavy atom. The van der Waals surface area contributed by atoms with Crippen molar-refractivity contribution in [2.75, 3.05) is 0 Å². The second-order valence-electron chi connectivity index (χ2n) is 5.66. The summed E-state index contributed by atoms with van der Waals surface area (Å²) in [4.78, 5) is 17.0. The van der Waals surface area contributed by atoms with Gasteiger partial charge < -0.3 is 0 Å². The molecule has 0 radical (unpaired) electrons. The SMILES string of the molecule is CC(C)(C)CCc1nn2c(=O)c3n[nH]nc3nc2s1. The number of hydrogen-bond acceptors (Lipinski definition) is 6. The lowest BCUT2D eigenvalue weighted by molar-refractivity contribution is 0.377. The second kappa shape index (κ2) is 4.09. The molecule has 3 aromatic rings. The molecule has 19 heavy (non-hydrogen) atoms. The number of rotatable bonds is 2. The Balaban J connectivity index is 2.06. The van der Waals surface area contributed by atoms with Crippen molar-refractivity contribution in [2.24, 2.45) is 5.41 Å². The van der Waals surface area contributed by atoms with E-state index in [0.717, 1.165) is 17.8 Å². The van der Waals surface area contributed by atoms with Crippen molar-refractivity contribution >= 4 is 27.5 Å². The van der Waals surface area contributed by atoms with Gasteiger partial charge in [0.25, 0.3) is 0 Å². The molecule has 0 bridgehead atoms. The minimum absolute atomic E-state index is 0.227. The average molecular weight is 278 g/mol. The van der Waals surface area contributed by atoms with Gasteiger partial charge in [0.1, 0.15) is 5.01 Å². The van der Waals surface area contributed by atoms with Gasteiger partial charge in [0, 0.05) is 6.42 Å². The molecule has 1 N–H and O–H groups in total. The Hall–Kier alpha value is -1.83. The van der Waals surface area contributed by atoms with Crippen molar-refractivity contribution in [2.45, 2.75) is 33.6 Å². The molecule has 100 valence electrons. The van der Waals surface area contributed by atoms with E-state index in [4.69, 9.17) is 0 Å². The highest BCUT2D eigenvalue weighted by Gasteiger charge is 2.15. The van der Waals surface area contributed by atoms with Crippen LogP contribution in [0.1, 0.15) is 32.2 Å². The van der Waals surface area contributed by atoms with Crippen molar-refractivity contribution in [3.05, 3.63) is 15.4 Å². The molecule has 3 rings (SSSR count). The molecular formula is C11H14N6OS. The lowest BCUT2D eigenvalue weighted by atomic mass is 9.91. The van der Waals surface area contributed by atoms with E-state index in [0.29, 0.717) is 10.6 Å². The van der Waals surface area contributed by atoms with Crippen LogP contribution in [-0.2, 0) is 6.42 Å². The maximum Gasteiger partial charge on any atom is 0.305 e. The van der Waals surface area contributed by atoms with Crippen LogP contribution in [0, 0.1) is 5.41 Å². The number of aromatic nitrogens is 6. The van der Waals surface area contributed by atoms with Crippen molar-refractivity contribution in [1.29, 1.82) is 0 Å². The van der Waals surface area contributed by atoms with Crippen molar-refractivity contribution in [3.8, 4) is 0 Å². The number of hydrogen-bond donors (Lipinski definition) is 1. The molecule has 3 aromatic heterocycles. The molecule has 0 saturated carbocycles. The van der Waals surface area contributed by atoms with E-state index in [1.165, 1.54) is 15.9 Å². The predicted molar refractivity (Wildman–Crippen MR) is 72.4 cm³/mol. The van der Waals surface area contributed by atoms with Crippen LogP contribution in [0.4, 0.5) is 0 Å². The highest BCUT2D eigenvalue weighted by Crippen LogP contribution is 2.23. The Labute approximate surface area is 112 Å². The third-order valence-electron chi connectivity index (χ3n) is 2.82. The fourth-order valence-electron chi connectivity index (χ4n) is 1.75. The van der Waals surface area contributed by atoms with Gasteiger partial charge in [-0.3, -0.25) is 4.79 Å². The monoisotopic (exact) mass is 278 g/mol. The van der Waals surface area contributed by atoms with Crippen molar-refractivity contribution in [1.82, 2.24) is 30.0 Å². The summed E-state index contributed by atoms with van der Waals surface area (Å²) in [7, 11) is 0. The molecule has 8 heteroatoms. The predicted octanol–water partition coefficient (Wildman–Crippen LogP) is 1.40. The molecule has 0 aliphatic rings. The average Bonchev–Trinajstić information content (AvgIpc) is 2.92. The maximum atomic E-state index is 12.1. The van der Waals surface area contributed by atoms with Gasteiger partial charge >= 0.3 is 5.56 Å². The lowest BCUT2D eigenvalue weighted by Gasteiger charge is -2.16. The van der Waals surface area contributed by atoms with E-state index in [2.05, 4.69) is 46.3 Å². The molecular weight excluding hydrogens is 264 g/mol. The van der Waals surface area contributed by atoms with Crippen LogP contribution in [0.25, 0.3) is 16.1 Å². The van der Waals surface area contributed by atoms with E-state index >= 15 is 0 Å². The number of fused-ring (bicyclic) bond motifs is 2. The normalized spacial score (nSPS) is 12.6. The van der Waals surface area contributed by atoms with Gasteiger partial charge in [-0.15, -0.1) is 10.2 Å². The summed E-state index contributed by atoms with van der Waals surface area (Å²) < 4.78 is 1.31. The molecule has 0 spiro atoms. The maximum absolute atomic E-state index is 12.1. The summed E-state index contributed by atoms with van der Waals surface area (Å²) in [6, 6.07) is 0. The van der Waals surface area contributed by atoms with Gasteiger partial charge in [-0.05, 0) is 11.8 Å². The Bertz CT molecular complexity index is 793. The summed E-state index contributed by atoms with van der Waals surface area (Å²) in [5.41, 5.74) is 0.542. The van der Waals surface area contributed by atoms with Gasteiger partial charge in [-0.1, -0.05) is 32.1 Å². The van der Waals surface area contributed by atoms with Gasteiger partial charge in [0.15, 0.2) is 5.52 Å². The first-order valence-corrected chi connectivity index (χ1v) is 6.85. The van der Waals surface area contributed by atoms with Crippen LogP contribution in [0.5, 0.6) is 0 Å². The first-order valence-electron chi connectivity index (χ1n) is 6.03. The minimum atomic E-state index is -0.271. The lowest BCUT2D eigenvalue weighted by Crippen LogP contribution is -2.15.